The summed E-state index contributed by atoms with van der Waals surface area (Å²) in [5.41, 5.74) is 6.74. The van der Waals surface area contributed by atoms with Crippen molar-refractivity contribution in [2.24, 2.45) is 21.7 Å². The highest BCUT2D eigenvalue weighted by molar-refractivity contribution is 8.03. The summed E-state index contributed by atoms with van der Waals surface area (Å²) in [6, 6.07) is 54.9. The number of carbonyl (C=O) groups is 4. The molecule has 8 atom stereocenters. The molecule has 25 heteroatoms. The minimum absolute atomic E-state index is 0.0731. The third-order valence-electron chi connectivity index (χ3n) is 21.5. The number of allylic oxidation sites excluding steroid dienone is 3. The maximum atomic E-state index is 12.2. The van der Waals surface area contributed by atoms with Crippen molar-refractivity contribution in [2.45, 2.75) is 306 Å². The van der Waals surface area contributed by atoms with Crippen LogP contribution in [0.4, 0.5) is 0 Å². The summed E-state index contributed by atoms with van der Waals surface area (Å²) < 4.78 is 94.1. The lowest BCUT2D eigenvalue weighted by Gasteiger charge is -2.34. The number of nitrogens with zero attached hydrogens (tertiary/aromatic N) is 2. The molecular formula is C112H176N2O19S4. The van der Waals surface area contributed by atoms with Crippen LogP contribution in [0.5, 0.6) is 5.75 Å². The van der Waals surface area contributed by atoms with E-state index in [4.69, 9.17) is 61.0 Å². The zero-order valence-electron chi connectivity index (χ0n) is 89.0. The fraction of sp³-hybridized carbons (Fsp3) is 0.554. The normalized spacial score (nSPS) is 15.5. The zero-order chi connectivity index (χ0) is 104. The molecule has 3 heterocycles. The summed E-state index contributed by atoms with van der Waals surface area (Å²) in [5.74, 6) is 3.02. The highest BCUT2D eigenvalue weighted by atomic mass is 32.2. The van der Waals surface area contributed by atoms with Crippen LogP contribution >= 0.6 is 34.9 Å². The van der Waals surface area contributed by atoms with E-state index in [1.165, 1.54) is 40.8 Å². The Balaban J connectivity index is -0.00000146. The molecule has 2 aliphatic rings. The van der Waals surface area contributed by atoms with Crippen molar-refractivity contribution in [3.8, 4) is 5.75 Å². The molecule has 772 valence electrons. The van der Waals surface area contributed by atoms with Gasteiger partial charge in [0.05, 0.1) is 72.5 Å². The van der Waals surface area contributed by atoms with Crippen LogP contribution < -0.4 is 4.18 Å². The summed E-state index contributed by atoms with van der Waals surface area (Å²) in [7, 11) is 2.52. The molecule has 8 unspecified atom stereocenters. The largest absolute Gasteiger partial charge is 0.463 e. The lowest BCUT2D eigenvalue weighted by Crippen LogP contribution is -2.37. The third kappa shape index (κ3) is 62.6. The number of hydrogen-bond donors (Lipinski definition) is 0. The predicted molar refractivity (Wildman–Crippen MR) is 572 cm³/mol. The maximum Gasteiger partial charge on any atom is 0.339 e. The van der Waals surface area contributed by atoms with Crippen molar-refractivity contribution < 1.29 is 88.6 Å². The molecule has 0 spiro atoms. The Hall–Kier alpha value is -8.15. The second-order valence-electron chi connectivity index (χ2n) is 34.6. The first-order valence-corrected chi connectivity index (χ1v) is 52.4. The van der Waals surface area contributed by atoms with E-state index in [0.717, 1.165) is 101 Å². The van der Waals surface area contributed by atoms with E-state index in [1.54, 1.807) is 106 Å². The first-order valence-electron chi connectivity index (χ1n) is 48.2. The van der Waals surface area contributed by atoms with Crippen LogP contribution in [0.3, 0.4) is 0 Å². The molecule has 9 rings (SSSR count). The number of hydrogen-bond acceptors (Lipinski definition) is 24. The Kier molecular flexibility index (Phi) is 77.2. The van der Waals surface area contributed by atoms with Crippen molar-refractivity contribution in [3.63, 3.8) is 0 Å². The molecule has 0 radical (unpaired) electrons. The molecule has 2 fully saturated rings. The summed E-state index contributed by atoms with van der Waals surface area (Å²) in [4.78, 5) is 45.3. The molecule has 0 amide bonds. The van der Waals surface area contributed by atoms with Crippen molar-refractivity contribution in [2.75, 3.05) is 92.8 Å². The molecule has 0 saturated carbocycles. The van der Waals surface area contributed by atoms with Gasteiger partial charge in [0.1, 0.15) is 37.1 Å². The lowest BCUT2D eigenvalue weighted by atomic mass is 9.91. The summed E-state index contributed by atoms with van der Waals surface area (Å²) in [6.45, 7) is 67.7. The van der Waals surface area contributed by atoms with E-state index < -0.39 is 10.1 Å². The molecule has 0 bridgehead atoms. The lowest BCUT2D eigenvalue weighted by molar-refractivity contribution is -0.243. The fourth-order valence-corrected chi connectivity index (χ4v) is 14.4. The molecule has 0 N–H and O–H groups in total. The van der Waals surface area contributed by atoms with Crippen molar-refractivity contribution in [1.29, 1.82) is 0 Å². The second-order valence-corrected chi connectivity index (χ2v) is 40.1. The van der Waals surface area contributed by atoms with Gasteiger partial charge in [-0.25, -0.2) is 0 Å². The van der Waals surface area contributed by atoms with E-state index in [1.807, 2.05) is 158 Å². The maximum absolute atomic E-state index is 12.2. The first kappa shape index (κ1) is 133. The van der Waals surface area contributed by atoms with Crippen molar-refractivity contribution in [1.82, 2.24) is 10.2 Å². The Bertz CT molecular complexity index is 4160. The second kappa shape index (κ2) is 79.5. The van der Waals surface area contributed by atoms with Crippen LogP contribution in [0.15, 0.2) is 222 Å². The van der Waals surface area contributed by atoms with Crippen molar-refractivity contribution >= 4 is 80.5 Å². The Morgan fingerprint density at radius 1 is 0.467 bits per heavy atom. The highest BCUT2D eigenvalue weighted by Crippen LogP contribution is 2.33. The minimum Gasteiger partial charge on any atom is -0.463 e. The van der Waals surface area contributed by atoms with E-state index >= 15 is 0 Å². The predicted octanol–water partition coefficient (Wildman–Crippen LogP) is 28.6. The SMILES string of the molecule is C=C(C)c1ccccc1.C=CC.C=CC.C=Cc1ccc(S(=O)(=O)Oc2ccc(C(C)CC)cc2)cc1.CCC(C)(C)C(=O)OCCOC.CCC(C)(C)C(=O)OCCOC.CCC(C)(C)C(=O)OCCOC.CCC(C)(C)C(=O)OCCOC.CCC(C)c1ccccc1.CCC1CC(C)OC(Cc2ccccc2)O1.CCC1CC(C)OC(c2ccccc2)O1.CCSc1nnc(SCC)s1. The average Bonchev–Trinajstić information content (AvgIpc) is 1.07. The standard InChI is InChI=1S/C18H20O3S.C14H20O2.C13H18O2.C10H14.4C9H18O3.C9H10.C6H10N2S3.2C3H6/c1-4-14(3)16-8-10-17(11-9-16)21-22(19,20)18-12-6-15(5-2)7-13-18;1-3-13-9-11(2)15-14(16-13)10-12-7-5-4-6-8-12;1-3-12-9-10(2)14-13(15-12)11-7-5-4-6-8-11;1-3-9(2)10-7-5-4-6-8-10;4*1-5-9(2,3)8(10)12-7-6-11-4;1-8(2)9-6-4-3-5-7-9;1-3-9-5-7-8-6(11-5)10-4-2;2*1-3-2/h5-14H,2,4H2,1,3H3;4-8,11,13-14H,3,9-10H2,1-2H3;4-8,10,12-13H,3,9H2,1-2H3;4-9H,3H2,1-2H3;4*5-7H2,1-4H3;3-7H,1H2,2H3;3-4H2,1-2H3;2*3H,1H2,2H3. The number of ether oxygens (including phenoxy) is 12. The van der Waals surface area contributed by atoms with Crippen LogP contribution in [0.25, 0.3) is 11.6 Å². The molecule has 0 aliphatic carbocycles. The number of methoxy groups -OCH3 is 4. The molecule has 1 aromatic heterocycles. The van der Waals surface area contributed by atoms with Gasteiger partial charge in [0, 0.05) is 40.4 Å². The molecule has 6 aromatic carbocycles. The number of thioether (sulfide) groups is 2. The van der Waals surface area contributed by atoms with Gasteiger partial charge in [-0.05, 0) is 230 Å². The molecule has 7 aromatic rings. The third-order valence-corrected chi connectivity index (χ3v) is 25.7. The van der Waals surface area contributed by atoms with E-state index in [-0.39, 0.29) is 69.1 Å². The Morgan fingerprint density at radius 3 is 1.12 bits per heavy atom. The quantitative estimate of drug-likeness (QED) is 0.00871. The Morgan fingerprint density at radius 2 is 0.803 bits per heavy atom. The van der Waals surface area contributed by atoms with Crippen LogP contribution in [-0.2, 0) is 92.6 Å². The van der Waals surface area contributed by atoms with E-state index in [2.05, 4.69) is 185 Å². The van der Waals surface area contributed by atoms with Gasteiger partial charge in [-0.2, -0.15) is 8.42 Å². The van der Waals surface area contributed by atoms with Gasteiger partial charge in [-0.3, -0.25) is 19.2 Å². The van der Waals surface area contributed by atoms with Crippen molar-refractivity contribution in [3.05, 3.63) is 242 Å². The number of rotatable bonds is 38. The van der Waals surface area contributed by atoms with Crippen LogP contribution in [-0.4, -0.2) is 166 Å². The monoisotopic (exact) mass is 1980 g/mol. The van der Waals surface area contributed by atoms with Gasteiger partial charge < -0.3 is 61.0 Å². The number of benzene rings is 6. The summed E-state index contributed by atoms with van der Waals surface area (Å²) in [5, 5.41) is 8.07. The Labute approximate surface area is 841 Å². The smallest absolute Gasteiger partial charge is 0.339 e. The summed E-state index contributed by atoms with van der Waals surface area (Å²) in [6.07, 6.45) is 16.6. The van der Waals surface area contributed by atoms with Crippen LogP contribution in [0, 0.1) is 21.7 Å². The zero-order valence-corrected chi connectivity index (χ0v) is 92.2. The number of carbonyl (C=O) groups excluding carboxylic acids is 4. The molecule has 2 aliphatic heterocycles. The molecule has 2 saturated heterocycles. The molecule has 137 heavy (non-hydrogen) atoms. The topological polar surface area (TPSA) is 248 Å². The van der Waals surface area contributed by atoms with Gasteiger partial charge in [0.25, 0.3) is 0 Å². The average molecular weight is 1980 g/mol. The van der Waals surface area contributed by atoms with E-state index in [9.17, 15) is 27.6 Å². The van der Waals surface area contributed by atoms with Gasteiger partial charge in [-0.1, -0.05) is 300 Å². The van der Waals surface area contributed by atoms with Crippen LogP contribution in [0.2, 0.25) is 0 Å². The number of esters is 4. The fourth-order valence-electron chi connectivity index (χ4n) is 10.6. The first-order chi connectivity index (χ1) is 65.0. The number of aromatic nitrogens is 2. The highest BCUT2D eigenvalue weighted by Gasteiger charge is 2.32. The molecule has 21 nitrogen and oxygen atoms in total. The van der Waals surface area contributed by atoms with Gasteiger partial charge in [0.2, 0.25) is 0 Å². The van der Waals surface area contributed by atoms with Crippen LogP contribution in [0.1, 0.15) is 289 Å². The van der Waals surface area contributed by atoms with Gasteiger partial charge >= 0.3 is 34.0 Å². The van der Waals surface area contributed by atoms with Gasteiger partial charge in [0.15, 0.2) is 21.3 Å². The molecular weight excluding hydrogens is 1810 g/mol. The minimum atomic E-state index is -3.81. The van der Waals surface area contributed by atoms with Gasteiger partial charge in [-0.15, -0.1) is 23.4 Å². The van der Waals surface area contributed by atoms with E-state index in [0.29, 0.717) is 88.8 Å². The summed E-state index contributed by atoms with van der Waals surface area (Å²) >= 11 is 5.19.